The molecule has 90 heavy (non-hydrogen) atoms. The van der Waals surface area contributed by atoms with Crippen LogP contribution in [0.5, 0.6) is 11.5 Å². The molecule has 0 amide bonds. The average molecular weight is 1200 g/mol. The molecule has 14 aromatic rings. The molecule has 438 valence electrons. The van der Waals surface area contributed by atoms with Gasteiger partial charge in [-0.25, -0.2) is 4.98 Å². The summed E-state index contributed by atoms with van der Waals surface area (Å²) >= 11 is 0. The molecule has 5 nitrogen and oxygen atoms in total. The predicted molar refractivity (Wildman–Crippen MR) is 377 cm³/mol. The van der Waals surface area contributed by atoms with Gasteiger partial charge in [0.15, 0.2) is 8.07 Å². The third-order valence-corrected chi connectivity index (χ3v) is 21.8. The van der Waals surface area contributed by atoms with Gasteiger partial charge in [0.25, 0.3) is 6.33 Å². The van der Waals surface area contributed by atoms with E-state index >= 15 is 0 Å². The Balaban J connectivity index is 1.13. The molecule has 3 aromatic heterocycles. The van der Waals surface area contributed by atoms with Gasteiger partial charge in [-0.15, -0.1) is 0 Å². The first-order chi connectivity index (χ1) is 49.7. The summed E-state index contributed by atoms with van der Waals surface area (Å²) < 4.78 is 158. The second-order valence-corrected chi connectivity index (χ2v) is 29.9. The van der Waals surface area contributed by atoms with Gasteiger partial charge in [0.1, 0.15) is 17.3 Å². The Kier molecular flexibility index (Phi) is 10.0. The molecule has 0 saturated heterocycles. The van der Waals surface area contributed by atoms with Crippen LogP contribution < -0.4 is 30.1 Å². The highest BCUT2D eigenvalue weighted by Crippen LogP contribution is 2.47. The number of pyridine rings is 1. The van der Waals surface area contributed by atoms with Crippen molar-refractivity contribution < 1.29 is 29.9 Å². The van der Waals surface area contributed by atoms with Crippen LogP contribution in [0.1, 0.15) is 99.6 Å². The van der Waals surface area contributed by atoms with E-state index in [1.54, 1.807) is 16.7 Å². The molecular weight excluding hydrogens is 1110 g/mol. The van der Waals surface area contributed by atoms with E-state index in [1.807, 2.05) is 114 Å². The molecule has 15 rings (SSSR count). The Morgan fingerprint density at radius 2 is 0.967 bits per heavy atom. The van der Waals surface area contributed by atoms with E-state index in [1.165, 1.54) is 0 Å². The first-order valence-electron chi connectivity index (χ1n) is 37.8. The molecule has 1 aliphatic heterocycles. The number of nitrogens with zero attached hydrogens (tertiary/aromatic N) is 4. The number of hydrogen-bond donors (Lipinski definition) is 0. The van der Waals surface area contributed by atoms with Crippen LogP contribution in [0.2, 0.25) is 0 Å². The van der Waals surface area contributed by atoms with Crippen LogP contribution in [0.25, 0.3) is 94.5 Å². The average Bonchev–Trinajstić information content (AvgIpc) is 1.53. The largest absolute Gasteiger partial charge is 0.458 e. The number of para-hydroxylation sites is 1. The van der Waals surface area contributed by atoms with Crippen LogP contribution in [0.4, 0.5) is 0 Å². The quantitative estimate of drug-likeness (QED) is 0.0625. The molecule has 0 atom stereocenters. The number of aromatic nitrogens is 4. The number of hydrogen-bond acceptors (Lipinski definition) is 2. The number of benzene rings is 11. The molecule has 4 heterocycles. The minimum atomic E-state index is -5.80. The minimum absolute atomic E-state index is 0.0669. The summed E-state index contributed by atoms with van der Waals surface area (Å²) in [5.74, 6) is 1.61. The third kappa shape index (κ3) is 9.51. The van der Waals surface area contributed by atoms with Crippen LogP contribution in [-0.2, 0) is 16.2 Å². The molecule has 0 saturated carbocycles. The van der Waals surface area contributed by atoms with Crippen molar-refractivity contribution in [1.29, 1.82) is 0 Å². The molecule has 0 radical (unpaired) electrons. The first-order valence-corrected chi connectivity index (χ1v) is 32.3. The Bertz CT molecular complexity index is 5790. The number of ether oxygens (including phenoxy) is 1. The Morgan fingerprint density at radius 1 is 0.422 bits per heavy atom. The normalized spacial score (nSPS) is 14.8. The predicted octanol–water partition coefficient (Wildman–Crippen LogP) is 18.2. The molecule has 1 aliphatic rings. The summed E-state index contributed by atoms with van der Waals surface area (Å²) in [4.78, 5) is 4.92. The molecule has 0 bridgehead atoms. The van der Waals surface area contributed by atoms with Gasteiger partial charge in [0.2, 0.25) is 0 Å². The van der Waals surface area contributed by atoms with Crippen molar-refractivity contribution in [2.75, 3.05) is 0 Å². The van der Waals surface area contributed by atoms with Gasteiger partial charge in [-0.1, -0.05) is 274 Å². The van der Waals surface area contributed by atoms with Gasteiger partial charge in [-0.3, -0.25) is 13.7 Å². The van der Waals surface area contributed by atoms with Crippen molar-refractivity contribution in [2.45, 2.75) is 78.6 Å². The zero-order valence-corrected chi connectivity index (χ0v) is 52.5. The maximum atomic E-state index is 10.2. The smallest absolute Gasteiger partial charge is 0.269 e. The zero-order valence-electron chi connectivity index (χ0n) is 66.5. The van der Waals surface area contributed by atoms with Gasteiger partial charge in [-0.05, 0) is 147 Å². The molecule has 0 unspecified atom stereocenters. The van der Waals surface area contributed by atoms with Crippen molar-refractivity contribution in [3.63, 3.8) is 0 Å². The lowest BCUT2D eigenvalue weighted by Crippen LogP contribution is -2.74. The van der Waals surface area contributed by atoms with Crippen molar-refractivity contribution in [2.24, 2.45) is 0 Å². The number of fused-ring (bicyclic) bond motifs is 10. The van der Waals surface area contributed by atoms with Crippen molar-refractivity contribution in [1.82, 2.24) is 14.1 Å². The van der Waals surface area contributed by atoms with Gasteiger partial charge in [0, 0.05) is 23.0 Å². The van der Waals surface area contributed by atoms with Gasteiger partial charge >= 0.3 is 0 Å². The standard InChI is InChI=1S/C84H72N4OSi/c1-82(2,3)57-42-40-56(41-43-57)73-48-59(84(7,8)9)49-74-69-36-21-19-34-67(69)68-35-20-22-37-70(68)75-53-66(90(63-28-13-10-14-29-63,64-30-15-11-16-31-64)65-32-17-12-18-33-65)54-78-81(75)87(80(73)74)55-86(78)60-26-25-27-61(51-60)89-62-44-45-72-71-38-23-24-39-76(71)88(77(72)52-62)79-50-58(46-47-85-79)83(4,5)6/h10-54H,1-9H3/i10D,11D,12D,13D,14D,15D,16D,17D,18D,28D,29D,30D,31D,32D,33D. The fourth-order valence-corrected chi connectivity index (χ4v) is 16.8. The fourth-order valence-electron chi connectivity index (χ4n) is 13.0. The minimum Gasteiger partial charge on any atom is -0.458 e. The van der Waals surface area contributed by atoms with Crippen LogP contribution in [0.3, 0.4) is 0 Å². The Hall–Kier alpha value is -10.1. The van der Waals surface area contributed by atoms with E-state index in [-0.39, 0.29) is 16.0 Å². The maximum Gasteiger partial charge on any atom is 0.269 e. The van der Waals surface area contributed by atoms with Crippen LogP contribution in [0.15, 0.2) is 273 Å². The highest BCUT2D eigenvalue weighted by atomic mass is 28.3. The SMILES string of the molecule is [2H]c1c([2H])c([2H])c([Si](c2cc3c4c(c2)n(-c2cccc(Oc5ccc6c7ccccc7n(-c7cc(C(C)(C)C)ccn7)c6c5)c2)[c-][n+]4-c2c(-c4ccc(C(C)(C)C)cc4)cc(C(C)(C)C)cc2-c2ccccc2-c2ccccc2-3)(c2c([2H])c([2H])c([2H])c([2H])c2[2H])c2c([2H])c([2H])c([2H])c([2H])c2[2H])c([2H])c1[2H]. The number of imidazole rings is 1. The molecule has 0 fully saturated rings. The maximum absolute atomic E-state index is 10.2. The van der Waals surface area contributed by atoms with Crippen molar-refractivity contribution >= 4 is 61.7 Å². The lowest BCUT2D eigenvalue weighted by atomic mass is 9.80. The monoisotopic (exact) mass is 1200 g/mol. The molecule has 11 aromatic carbocycles. The van der Waals surface area contributed by atoms with E-state index in [0.717, 1.165) is 72.1 Å². The van der Waals surface area contributed by atoms with Crippen molar-refractivity contribution in [3.8, 4) is 73.2 Å². The third-order valence-electron chi connectivity index (χ3n) is 17.6. The number of rotatable bonds is 9. The lowest BCUT2D eigenvalue weighted by molar-refractivity contribution is -0.570. The Morgan fingerprint density at radius 3 is 1.58 bits per heavy atom. The van der Waals surface area contributed by atoms with Gasteiger partial charge < -0.3 is 4.74 Å². The topological polar surface area (TPSA) is 35.9 Å². The van der Waals surface area contributed by atoms with E-state index in [4.69, 9.17) is 13.8 Å². The summed E-state index contributed by atoms with van der Waals surface area (Å²) in [7, 11) is -5.80. The lowest BCUT2D eigenvalue weighted by Gasteiger charge is -2.35. The van der Waals surface area contributed by atoms with E-state index < -0.39 is 120 Å². The highest BCUT2D eigenvalue weighted by molar-refractivity contribution is 7.20. The zero-order chi connectivity index (χ0) is 74.7. The molecule has 6 heteroatoms. The summed E-state index contributed by atoms with van der Waals surface area (Å²) in [6, 6.07) is 44.9. The van der Waals surface area contributed by atoms with Gasteiger partial charge in [-0.2, -0.15) is 0 Å². The summed E-state index contributed by atoms with van der Waals surface area (Å²) in [5.41, 5.74) is 12.0. The van der Waals surface area contributed by atoms with E-state index in [2.05, 4.69) is 134 Å². The van der Waals surface area contributed by atoms with E-state index in [9.17, 15) is 16.4 Å². The molecule has 0 N–H and O–H groups in total. The molecular formula is C84H72N4OSi. The second-order valence-electron chi connectivity index (χ2n) is 26.3. The Labute approximate surface area is 550 Å². The molecule has 0 aliphatic carbocycles. The first kappa shape index (κ1) is 41.9. The second kappa shape index (κ2) is 21.6. The fraction of sp³-hybridized carbons (Fsp3) is 0.143. The highest BCUT2D eigenvalue weighted by Gasteiger charge is 2.43. The molecule has 0 spiro atoms. The summed E-state index contributed by atoms with van der Waals surface area (Å²) in [5, 5.41) is 0.0980. The summed E-state index contributed by atoms with van der Waals surface area (Å²) in [6.07, 6.45) is 5.72. The van der Waals surface area contributed by atoms with Crippen LogP contribution in [0, 0.1) is 6.33 Å². The van der Waals surface area contributed by atoms with E-state index in [0.29, 0.717) is 50.6 Å². The van der Waals surface area contributed by atoms with Crippen LogP contribution >= 0.6 is 0 Å². The van der Waals surface area contributed by atoms with Gasteiger partial charge in [0.05, 0.1) is 54.0 Å². The summed E-state index contributed by atoms with van der Waals surface area (Å²) in [6.45, 7) is 19.5. The van der Waals surface area contributed by atoms with Crippen molar-refractivity contribution in [3.05, 3.63) is 296 Å². The van der Waals surface area contributed by atoms with Crippen LogP contribution in [-0.4, -0.2) is 22.2 Å².